The van der Waals surface area contributed by atoms with E-state index in [1.54, 1.807) is 22.7 Å². The molecular weight excluding hydrogens is 250 g/mol. The first-order valence-electron chi connectivity index (χ1n) is 5.59. The quantitative estimate of drug-likeness (QED) is 0.871. The molecule has 0 amide bonds. The molecule has 0 atom stereocenters. The molecule has 92 valence electrons. The van der Waals surface area contributed by atoms with Crippen molar-refractivity contribution in [3.8, 4) is 0 Å². The van der Waals surface area contributed by atoms with E-state index < -0.39 is 5.60 Å². The minimum atomic E-state index is -0.688. The summed E-state index contributed by atoms with van der Waals surface area (Å²) in [5.41, 5.74) is -0.688. The number of nitrogens with one attached hydrogen (secondary N) is 1. The minimum absolute atomic E-state index is 0.196. The second kappa shape index (κ2) is 5.31. The first kappa shape index (κ1) is 12.8. The highest BCUT2D eigenvalue weighted by Crippen LogP contribution is 2.29. The fraction of sp³-hybridized carbons (Fsp3) is 0.385. The van der Waals surface area contributed by atoms with Crippen LogP contribution in [0.5, 0.6) is 0 Å². The standard InChI is InChI=1S/C13H17NOS2/c1-13(2,15)9-14-12(10-5-3-7-16-10)11-6-4-8-17-11/h3-8,12,14-15H,9H2,1-2H3. The average Bonchev–Trinajstić information content (AvgIpc) is 2.86. The van der Waals surface area contributed by atoms with E-state index in [0.29, 0.717) is 6.54 Å². The number of thiophene rings is 2. The van der Waals surface area contributed by atoms with Crippen LogP contribution in [0.3, 0.4) is 0 Å². The van der Waals surface area contributed by atoms with Crippen LogP contribution in [0.1, 0.15) is 29.6 Å². The van der Waals surface area contributed by atoms with E-state index in [0.717, 1.165) is 0 Å². The van der Waals surface area contributed by atoms with Gasteiger partial charge in [0.1, 0.15) is 0 Å². The summed E-state index contributed by atoms with van der Waals surface area (Å²) in [6, 6.07) is 8.58. The summed E-state index contributed by atoms with van der Waals surface area (Å²) < 4.78 is 0. The normalized spacial score (nSPS) is 12.2. The number of hydrogen-bond acceptors (Lipinski definition) is 4. The summed E-state index contributed by atoms with van der Waals surface area (Å²) >= 11 is 3.48. The van der Waals surface area contributed by atoms with Gasteiger partial charge in [-0.15, -0.1) is 22.7 Å². The van der Waals surface area contributed by atoms with Crippen molar-refractivity contribution in [1.29, 1.82) is 0 Å². The monoisotopic (exact) mass is 267 g/mol. The molecule has 2 heterocycles. The van der Waals surface area contributed by atoms with E-state index in [9.17, 15) is 5.11 Å². The highest BCUT2D eigenvalue weighted by molar-refractivity contribution is 7.11. The topological polar surface area (TPSA) is 32.3 Å². The molecule has 17 heavy (non-hydrogen) atoms. The number of hydrogen-bond donors (Lipinski definition) is 2. The van der Waals surface area contributed by atoms with E-state index >= 15 is 0 Å². The summed E-state index contributed by atoms with van der Waals surface area (Å²) in [7, 11) is 0. The molecule has 0 bridgehead atoms. The Morgan fingerprint density at radius 3 is 2.06 bits per heavy atom. The lowest BCUT2D eigenvalue weighted by Gasteiger charge is -2.23. The Kier molecular flexibility index (Phi) is 3.99. The zero-order valence-electron chi connectivity index (χ0n) is 10.0. The summed E-state index contributed by atoms with van der Waals surface area (Å²) in [6.45, 7) is 4.22. The van der Waals surface area contributed by atoms with Gasteiger partial charge >= 0.3 is 0 Å². The lowest BCUT2D eigenvalue weighted by atomic mass is 10.1. The van der Waals surface area contributed by atoms with Crippen LogP contribution in [-0.2, 0) is 0 Å². The first-order chi connectivity index (χ1) is 8.06. The van der Waals surface area contributed by atoms with Gasteiger partial charge in [-0.1, -0.05) is 12.1 Å². The van der Waals surface area contributed by atoms with Crippen molar-refractivity contribution in [3.63, 3.8) is 0 Å². The van der Waals surface area contributed by atoms with Crippen LogP contribution in [-0.4, -0.2) is 17.3 Å². The van der Waals surface area contributed by atoms with Gasteiger partial charge in [-0.25, -0.2) is 0 Å². The average molecular weight is 267 g/mol. The molecule has 0 unspecified atom stereocenters. The van der Waals surface area contributed by atoms with E-state index in [-0.39, 0.29) is 6.04 Å². The largest absolute Gasteiger partial charge is 0.389 e. The van der Waals surface area contributed by atoms with Crippen LogP contribution in [0.15, 0.2) is 35.0 Å². The van der Waals surface area contributed by atoms with Gasteiger partial charge in [0.15, 0.2) is 0 Å². The molecule has 2 aromatic rings. The molecule has 0 fully saturated rings. The number of rotatable bonds is 5. The summed E-state index contributed by atoms with van der Waals surface area (Å²) in [4.78, 5) is 2.58. The highest BCUT2D eigenvalue weighted by atomic mass is 32.1. The molecule has 2 N–H and O–H groups in total. The van der Waals surface area contributed by atoms with Crippen LogP contribution < -0.4 is 5.32 Å². The predicted octanol–water partition coefficient (Wildman–Crippen LogP) is 3.26. The van der Waals surface area contributed by atoms with Crippen LogP contribution in [0, 0.1) is 0 Å². The molecule has 0 spiro atoms. The third-order valence-corrected chi connectivity index (χ3v) is 4.27. The van der Waals surface area contributed by atoms with Gasteiger partial charge < -0.3 is 10.4 Å². The van der Waals surface area contributed by atoms with Crippen LogP contribution in [0.25, 0.3) is 0 Å². The summed E-state index contributed by atoms with van der Waals surface area (Å²) in [6.07, 6.45) is 0. The van der Waals surface area contributed by atoms with Gasteiger partial charge in [0.2, 0.25) is 0 Å². The van der Waals surface area contributed by atoms with E-state index in [4.69, 9.17) is 0 Å². The van der Waals surface area contributed by atoms with Crippen molar-refractivity contribution in [3.05, 3.63) is 44.8 Å². The Morgan fingerprint density at radius 1 is 1.18 bits per heavy atom. The second-order valence-corrected chi connectivity index (χ2v) is 6.62. The molecule has 0 saturated heterocycles. The van der Waals surface area contributed by atoms with Crippen molar-refractivity contribution in [1.82, 2.24) is 5.32 Å². The molecular formula is C13H17NOS2. The molecule has 0 saturated carbocycles. The van der Waals surface area contributed by atoms with Gasteiger partial charge in [0.05, 0.1) is 11.6 Å². The maximum atomic E-state index is 9.81. The predicted molar refractivity (Wildman–Crippen MR) is 74.8 cm³/mol. The maximum absolute atomic E-state index is 9.81. The molecule has 0 aliphatic heterocycles. The van der Waals surface area contributed by atoms with Crippen molar-refractivity contribution < 1.29 is 5.11 Å². The molecule has 0 aliphatic rings. The summed E-state index contributed by atoms with van der Waals surface area (Å²) in [5, 5.41) is 17.4. The smallest absolute Gasteiger partial charge is 0.0765 e. The molecule has 0 radical (unpaired) electrons. The van der Waals surface area contributed by atoms with Crippen molar-refractivity contribution in [2.24, 2.45) is 0 Å². The Labute approximate surface area is 110 Å². The van der Waals surface area contributed by atoms with E-state index in [1.807, 2.05) is 13.8 Å². The fourth-order valence-corrected chi connectivity index (χ4v) is 3.31. The van der Waals surface area contributed by atoms with Crippen LogP contribution in [0.2, 0.25) is 0 Å². The Balaban J connectivity index is 2.15. The molecule has 2 aromatic heterocycles. The highest BCUT2D eigenvalue weighted by Gasteiger charge is 2.19. The summed E-state index contributed by atoms with van der Waals surface area (Å²) in [5.74, 6) is 0. The maximum Gasteiger partial charge on any atom is 0.0765 e. The van der Waals surface area contributed by atoms with Gasteiger partial charge in [0.25, 0.3) is 0 Å². The van der Waals surface area contributed by atoms with E-state index in [2.05, 4.69) is 40.3 Å². The zero-order valence-corrected chi connectivity index (χ0v) is 11.6. The van der Waals surface area contributed by atoms with Gasteiger partial charge in [-0.05, 0) is 36.7 Å². The van der Waals surface area contributed by atoms with Crippen molar-refractivity contribution in [2.75, 3.05) is 6.54 Å². The Bertz CT molecular complexity index is 394. The van der Waals surface area contributed by atoms with Gasteiger partial charge in [-0.2, -0.15) is 0 Å². The third kappa shape index (κ3) is 3.64. The fourth-order valence-electron chi connectivity index (χ4n) is 1.60. The Morgan fingerprint density at radius 2 is 1.71 bits per heavy atom. The Hall–Kier alpha value is -0.680. The molecule has 2 nitrogen and oxygen atoms in total. The molecule has 4 heteroatoms. The van der Waals surface area contributed by atoms with Crippen molar-refractivity contribution >= 4 is 22.7 Å². The van der Waals surface area contributed by atoms with Crippen LogP contribution >= 0.6 is 22.7 Å². The first-order valence-corrected chi connectivity index (χ1v) is 7.35. The van der Waals surface area contributed by atoms with Gasteiger partial charge in [0, 0.05) is 16.3 Å². The minimum Gasteiger partial charge on any atom is -0.389 e. The lowest BCUT2D eigenvalue weighted by molar-refractivity contribution is 0.0780. The lowest BCUT2D eigenvalue weighted by Crippen LogP contribution is -2.36. The molecule has 2 rings (SSSR count). The SMILES string of the molecule is CC(C)(O)CNC(c1cccs1)c1cccs1. The zero-order chi connectivity index (χ0) is 12.3. The molecule has 0 aliphatic carbocycles. The van der Waals surface area contributed by atoms with Crippen LogP contribution in [0.4, 0.5) is 0 Å². The second-order valence-electron chi connectivity index (χ2n) is 4.66. The van der Waals surface area contributed by atoms with Gasteiger partial charge in [-0.3, -0.25) is 0 Å². The van der Waals surface area contributed by atoms with Crippen molar-refractivity contribution in [2.45, 2.75) is 25.5 Å². The third-order valence-electron chi connectivity index (χ3n) is 2.39. The van der Waals surface area contributed by atoms with E-state index in [1.165, 1.54) is 9.75 Å². The molecule has 0 aromatic carbocycles. The number of aliphatic hydroxyl groups is 1.